The molecule has 0 bridgehead atoms. The fourth-order valence-electron chi connectivity index (χ4n) is 3.68. The van der Waals surface area contributed by atoms with E-state index in [1.165, 1.54) is 4.57 Å². The third-order valence-corrected chi connectivity index (χ3v) is 6.19. The zero-order valence-corrected chi connectivity index (χ0v) is 17.2. The van der Waals surface area contributed by atoms with Crippen LogP contribution < -0.4 is 15.4 Å². The Balaban J connectivity index is 1.56. The number of aromatic hydroxyl groups is 1. The van der Waals surface area contributed by atoms with Crippen LogP contribution in [0, 0.1) is 11.8 Å². The van der Waals surface area contributed by atoms with E-state index in [0.29, 0.717) is 11.1 Å². The Kier molecular flexibility index (Phi) is 4.34. The van der Waals surface area contributed by atoms with Gasteiger partial charge in [0.25, 0.3) is 5.91 Å². The summed E-state index contributed by atoms with van der Waals surface area (Å²) in [6.45, 7) is -0.0545. The second-order valence-electron chi connectivity index (χ2n) is 7.27. The van der Waals surface area contributed by atoms with Gasteiger partial charge in [0.15, 0.2) is 5.88 Å². The number of hydrogen-bond donors (Lipinski definition) is 3. The lowest BCUT2D eigenvalue weighted by Gasteiger charge is -2.20. The number of benzene rings is 2. The zero-order valence-electron chi connectivity index (χ0n) is 16.4. The monoisotopic (exact) mass is 431 g/mol. The summed E-state index contributed by atoms with van der Waals surface area (Å²) < 4.78 is 7.87. The predicted molar refractivity (Wildman–Crippen MR) is 118 cm³/mol. The van der Waals surface area contributed by atoms with Crippen LogP contribution in [0.15, 0.2) is 54.0 Å². The van der Waals surface area contributed by atoms with Crippen molar-refractivity contribution in [3.8, 4) is 23.5 Å². The van der Waals surface area contributed by atoms with Gasteiger partial charge in [-0.25, -0.2) is 4.79 Å². The number of carbonyl (C=O) groups excluding carboxylic acids is 2. The number of thiophene rings is 1. The summed E-state index contributed by atoms with van der Waals surface area (Å²) >= 11 is 1.64. The maximum absolute atomic E-state index is 12.7. The van der Waals surface area contributed by atoms with Crippen LogP contribution in [0.3, 0.4) is 0 Å². The SMILES string of the molecule is COc1ccc2cn(C[C@@]3(C#Cc4ccc5sccc5c4)NC(=O)NC3=O)c(O)c2c1. The lowest BCUT2D eigenvalue weighted by atomic mass is 9.99. The van der Waals surface area contributed by atoms with Gasteiger partial charge in [-0.05, 0) is 53.2 Å². The molecule has 3 heterocycles. The van der Waals surface area contributed by atoms with E-state index in [2.05, 4.69) is 22.5 Å². The Morgan fingerprint density at radius 1 is 1.16 bits per heavy atom. The smallest absolute Gasteiger partial charge is 0.323 e. The van der Waals surface area contributed by atoms with E-state index in [-0.39, 0.29) is 12.4 Å². The number of rotatable bonds is 3. The molecule has 4 aromatic rings. The van der Waals surface area contributed by atoms with Crippen LogP contribution in [-0.2, 0) is 11.3 Å². The number of nitrogens with one attached hydrogen (secondary N) is 2. The Morgan fingerprint density at radius 3 is 2.81 bits per heavy atom. The predicted octanol–water partition coefficient (Wildman–Crippen LogP) is 3.20. The molecular formula is C23H17N3O4S. The van der Waals surface area contributed by atoms with Crippen LogP contribution in [0.5, 0.6) is 11.6 Å². The summed E-state index contributed by atoms with van der Waals surface area (Å²) in [5.74, 6) is 5.97. The van der Waals surface area contributed by atoms with Crippen LogP contribution in [0.4, 0.5) is 4.79 Å². The van der Waals surface area contributed by atoms with Crippen molar-refractivity contribution in [3.63, 3.8) is 0 Å². The molecule has 0 unspecified atom stereocenters. The Hall–Kier alpha value is -3.96. The van der Waals surface area contributed by atoms with Gasteiger partial charge in [-0.1, -0.05) is 11.8 Å². The van der Waals surface area contributed by atoms with Crippen molar-refractivity contribution >= 4 is 44.1 Å². The molecule has 1 saturated heterocycles. The average Bonchev–Trinajstić information content (AvgIpc) is 3.43. The molecule has 0 spiro atoms. The molecule has 2 aromatic heterocycles. The highest BCUT2D eigenvalue weighted by Crippen LogP contribution is 2.32. The second kappa shape index (κ2) is 7.07. The number of carbonyl (C=O) groups is 2. The van der Waals surface area contributed by atoms with Gasteiger partial charge in [0.2, 0.25) is 5.54 Å². The van der Waals surface area contributed by atoms with Crippen molar-refractivity contribution in [3.05, 3.63) is 59.6 Å². The zero-order chi connectivity index (χ0) is 21.6. The first-order valence-electron chi connectivity index (χ1n) is 9.47. The summed E-state index contributed by atoms with van der Waals surface area (Å²) in [6.07, 6.45) is 1.71. The van der Waals surface area contributed by atoms with Crippen LogP contribution in [0.25, 0.3) is 20.9 Å². The summed E-state index contributed by atoms with van der Waals surface area (Å²) in [7, 11) is 1.55. The average molecular weight is 431 g/mol. The van der Waals surface area contributed by atoms with Crippen molar-refractivity contribution in [2.24, 2.45) is 0 Å². The molecule has 8 heteroatoms. The molecule has 5 rings (SSSR count). The molecule has 0 radical (unpaired) electrons. The maximum atomic E-state index is 12.7. The first-order valence-corrected chi connectivity index (χ1v) is 10.4. The standard InChI is InChI=1S/C23H17N3O4S/c1-30-17-4-3-16-12-26(20(27)18(16)11-17)13-23(21(28)24-22(29)25-23)8-6-14-2-5-19-15(10-14)7-9-31-19/h2-5,7,9-12,27H,13H2,1H3,(H2,24,25,28,29)/t23-/m1/s1. The van der Waals surface area contributed by atoms with E-state index in [0.717, 1.165) is 21.0 Å². The van der Waals surface area contributed by atoms with Gasteiger partial charge in [0.1, 0.15) is 5.75 Å². The summed E-state index contributed by atoms with van der Waals surface area (Å²) in [6, 6.07) is 12.5. The fourth-order valence-corrected chi connectivity index (χ4v) is 4.45. The van der Waals surface area contributed by atoms with Gasteiger partial charge >= 0.3 is 6.03 Å². The summed E-state index contributed by atoms with van der Waals surface area (Å²) in [5.41, 5.74) is -0.789. The molecule has 0 saturated carbocycles. The van der Waals surface area contributed by atoms with Crippen molar-refractivity contribution in [1.29, 1.82) is 0 Å². The molecule has 154 valence electrons. The van der Waals surface area contributed by atoms with Gasteiger partial charge in [0.05, 0.1) is 13.7 Å². The molecule has 1 atom stereocenters. The minimum absolute atomic E-state index is 0.0382. The first kappa shape index (κ1) is 19.0. The van der Waals surface area contributed by atoms with E-state index < -0.39 is 17.5 Å². The highest BCUT2D eigenvalue weighted by molar-refractivity contribution is 7.17. The number of imide groups is 1. The van der Waals surface area contributed by atoms with Crippen molar-refractivity contribution in [2.75, 3.05) is 7.11 Å². The van der Waals surface area contributed by atoms with Gasteiger partial charge in [-0.15, -0.1) is 11.3 Å². The van der Waals surface area contributed by atoms with E-state index in [4.69, 9.17) is 4.74 Å². The minimum atomic E-state index is -1.52. The molecule has 2 aromatic carbocycles. The van der Waals surface area contributed by atoms with Crippen molar-refractivity contribution in [1.82, 2.24) is 15.2 Å². The Bertz CT molecular complexity index is 1430. The Labute approximate surface area is 181 Å². The molecule has 1 aliphatic heterocycles. The third kappa shape index (κ3) is 3.25. The lowest BCUT2D eigenvalue weighted by molar-refractivity contribution is -0.122. The maximum Gasteiger partial charge on any atom is 0.323 e. The molecule has 3 amide bonds. The van der Waals surface area contributed by atoms with E-state index in [1.807, 2.05) is 35.7 Å². The Morgan fingerprint density at radius 2 is 2.03 bits per heavy atom. The third-order valence-electron chi connectivity index (χ3n) is 5.29. The van der Waals surface area contributed by atoms with E-state index in [1.54, 1.807) is 36.8 Å². The van der Waals surface area contributed by atoms with Crippen molar-refractivity contribution < 1.29 is 19.4 Å². The largest absolute Gasteiger partial charge is 0.497 e. The number of nitrogens with zero attached hydrogens (tertiary/aromatic N) is 1. The molecule has 7 nitrogen and oxygen atoms in total. The van der Waals surface area contributed by atoms with Crippen molar-refractivity contribution in [2.45, 2.75) is 12.1 Å². The van der Waals surface area contributed by atoms with Gasteiger partial charge in [-0.2, -0.15) is 0 Å². The van der Waals surface area contributed by atoms with Crippen LogP contribution in [0.1, 0.15) is 5.56 Å². The number of amides is 3. The number of hydrogen-bond acceptors (Lipinski definition) is 5. The van der Waals surface area contributed by atoms with Gasteiger partial charge in [-0.3, -0.25) is 10.1 Å². The van der Waals surface area contributed by atoms with Crippen LogP contribution in [0.2, 0.25) is 0 Å². The molecule has 1 fully saturated rings. The number of ether oxygens (including phenoxy) is 1. The topological polar surface area (TPSA) is 92.6 Å². The van der Waals surface area contributed by atoms with Crippen LogP contribution >= 0.6 is 11.3 Å². The molecule has 1 aliphatic rings. The minimum Gasteiger partial charge on any atom is -0.497 e. The number of urea groups is 1. The van der Waals surface area contributed by atoms with E-state index >= 15 is 0 Å². The molecular weight excluding hydrogens is 414 g/mol. The normalized spacial score (nSPS) is 18.0. The number of aromatic nitrogens is 1. The molecule has 3 N–H and O–H groups in total. The first-order chi connectivity index (χ1) is 15.0. The van der Waals surface area contributed by atoms with Gasteiger partial charge in [0, 0.05) is 27.2 Å². The number of fused-ring (bicyclic) bond motifs is 2. The fraction of sp³-hybridized carbons (Fsp3) is 0.130. The highest BCUT2D eigenvalue weighted by Gasteiger charge is 2.46. The summed E-state index contributed by atoms with van der Waals surface area (Å²) in [4.78, 5) is 24.7. The quantitative estimate of drug-likeness (QED) is 0.343. The summed E-state index contributed by atoms with van der Waals surface area (Å²) in [5, 5.41) is 20.0. The van der Waals surface area contributed by atoms with Crippen LogP contribution in [-0.4, -0.2) is 34.3 Å². The van der Waals surface area contributed by atoms with E-state index in [9.17, 15) is 14.7 Å². The second-order valence-corrected chi connectivity index (χ2v) is 8.22. The number of methoxy groups -OCH3 is 1. The molecule has 31 heavy (non-hydrogen) atoms. The highest BCUT2D eigenvalue weighted by atomic mass is 32.1. The van der Waals surface area contributed by atoms with Gasteiger partial charge < -0.3 is 19.7 Å². The molecule has 0 aliphatic carbocycles. The lowest BCUT2D eigenvalue weighted by Crippen LogP contribution is -2.49.